The molecule has 1 aromatic carbocycles. The molecule has 0 unspecified atom stereocenters. The second-order valence-electron chi connectivity index (χ2n) is 3.88. The molecule has 0 amide bonds. The van der Waals surface area contributed by atoms with Crippen LogP contribution in [0.3, 0.4) is 0 Å². The molecule has 2 rings (SSSR count). The van der Waals surface area contributed by atoms with E-state index in [1.54, 1.807) is 0 Å². The van der Waals surface area contributed by atoms with Gasteiger partial charge in [-0.15, -0.1) is 0 Å². The molecule has 0 bridgehead atoms. The first-order valence-electron chi connectivity index (χ1n) is 5.68. The lowest BCUT2D eigenvalue weighted by Gasteiger charge is -2.01. The Bertz CT molecular complexity index is 464. The van der Waals surface area contributed by atoms with Crippen molar-refractivity contribution in [2.24, 2.45) is 0 Å². The number of benzene rings is 1. The third kappa shape index (κ3) is 2.58. The minimum atomic E-state index is 1.02. The molecule has 1 aromatic heterocycles. The van der Waals surface area contributed by atoms with Crippen molar-refractivity contribution >= 4 is 33.6 Å². The van der Waals surface area contributed by atoms with Crippen LogP contribution in [0.1, 0.15) is 18.9 Å². The van der Waals surface area contributed by atoms with Gasteiger partial charge in [-0.05, 0) is 60.2 Å². The molecule has 86 valence electrons. The minimum Gasteiger partial charge on any atom is -0.463 e. The molecular weight excluding hydrogens is 313 g/mol. The fourth-order valence-corrected chi connectivity index (χ4v) is 2.42. The topological polar surface area (TPSA) is 25.2 Å². The molecule has 0 aliphatic heterocycles. The average molecular weight is 329 g/mol. The van der Waals surface area contributed by atoms with Crippen molar-refractivity contribution in [1.82, 2.24) is 5.32 Å². The third-order valence-electron chi connectivity index (χ3n) is 2.63. The van der Waals surface area contributed by atoms with E-state index in [0.29, 0.717) is 0 Å². The fourth-order valence-electron chi connectivity index (χ4n) is 1.79. The van der Waals surface area contributed by atoms with Crippen molar-refractivity contribution in [3.8, 4) is 0 Å². The van der Waals surface area contributed by atoms with E-state index in [-0.39, 0.29) is 0 Å². The summed E-state index contributed by atoms with van der Waals surface area (Å²) in [5.41, 5.74) is 2.32. The second-order valence-corrected chi connectivity index (χ2v) is 5.04. The Morgan fingerprint density at radius 3 is 3.00 bits per heavy atom. The molecule has 0 spiro atoms. The summed E-state index contributed by atoms with van der Waals surface area (Å²) in [5.74, 6) is 0. The molecule has 0 saturated heterocycles. The standard InChI is InChI=1S/C13H16INO/c1-2-7-15-8-6-10-9-16-13-11(10)4-3-5-12(13)14/h3-5,9,15H,2,6-8H2,1H3. The van der Waals surface area contributed by atoms with E-state index in [2.05, 4.69) is 53.0 Å². The van der Waals surface area contributed by atoms with Crippen LogP contribution in [-0.2, 0) is 6.42 Å². The summed E-state index contributed by atoms with van der Waals surface area (Å²) in [7, 11) is 0. The van der Waals surface area contributed by atoms with Gasteiger partial charge in [0.25, 0.3) is 0 Å². The monoisotopic (exact) mass is 329 g/mol. The van der Waals surface area contributed by atoms with Crippen molar-refractivity contribution < 1.29 is 4.42 Å². The third-order valence-corrected chi connectivity index (χ3v) is 3.48. The number of hydrogen-bond acceptors (Lipinski definition) is 2. The van der Waals surface area contributed by atoms with Crippen molar-refractivity contribution in [2.45, 2.75) is 19.8 Å². The van der Waals surface area contributed by atoms with Gasteiger partial charge < -0.3 is 9.73 Å². The first-order valence-corrected chi connectivity index (χ1v) is 6.76. The van der Waals surface area contributed by atoms with Crippen LogP contribution in [-0.4, -0.2) is 13.1 Å². The molecule has 2 nitrogen and oxygen atoms in total. The largest absolute Gasteiger partial charge is 0.463 e. The van der Waals surface area contributed by atoms with E-state index in [4.69, 9.17) is 4.42 Å². The van der Waals surface area contributed by atoms with Crippen molar-refractivity contribution in [3.05, 3.63) is 33.6 Å². The molecular formula is C13H16INO. The van der Waals surface area contributed by atoms with Crippen LogP contribution < -0.4 is 5.32 Å². The average Bonchev–Trinajstić information content (AvgIpc) is 2.70. The maximum atomic E-state index is 5.60. The predicted octanol–water partition coefficient (Wildman–Crippen LogP) is 3.58. The number of furan rings is 1. The molecule has 0 atom stereocenters. The first-order chi connectivity index (χ1) is 7.83. The Hall–Kier alpha value is -0.550. The van der Waals surface area contributed by atoms with Gasteiger partial charge in [-0.1, -0.05) is 19.1 Å². The summed E-state index contributed by atoms with van der Waals surface area (Å²) in [6.07, 6.45) is 4.11. The van der Waals surface area contributed by atoms with Crippen LogP contribution in [0.2, 0.25) is 0 Å². The number of para-hydroxylation sites is 1. The van der Waals surface area contributed by atoms with Crippen LogP contribution in [0.25, 0.3) is 11.0 Å². The van der Waals surface area contributed by atoms with Gasteiger partial charge in [0.05, 0.1) is 9.83 Å². The van der Waals surface area contributed by atoms with Gasteiger partial charge in [0.2, 0.25) is 0 Å². The van der Waals surface area contributed by atoms with E-state index < -0.39 is 0 Å². The van der Waals surface area contributed by atoms with Crippen molar-refractivity contribution in [3.63, 3.8) is 0 Å². The van der Waals surface area contributed by atoms with Gasteiger partial charge in [-0.2, -0.15) is 0 Å². The molecule has 0 fully saturated rings. The van der Waals surface area contributed by atoms with Gasteiger partial charge in [0, 0.05) is 5.39 Å². The molecule has 0 aliphatic rings. The summed E-state index contributed by atoms with van der Waals surface area (Å²) < 4.78 is 6.78. The van der Waals surface area contributed by atoms with Crippen LogP contribution in [0.4, 0.5) is 0 Å². The summed E-state index contributed by atoms with van der Waals surface area (Å²) in [5, 5.41) is 4.66. The quantitative estimate of drug-likeness (QED) is 0.670. The van der Waals surface area contributed by atoms with Gasteiger partial charge >= 0.3 is 0 Å². The summed E-state index contributed by atoms with van der Waals surface area (Å²) in [6, 6.07) is 6.30. The van der Waals surface area contributed by atoms with E-state index in [0.717, 1.165) is 25.1 Å². The lowest BCUT2D eigenvalue weighted by atomic mass is 10.1. The molecule has 0 radical (unpaired) electrons. The molecule has 2 aromatic rings. The molecule has 16 heavy (non-hydrogen) atoms. The highest BCUT2D eigenvalue weighted by Crippen LogP contribution is 2.25. The zero-order valence-electron chi connectivity index (χ0n) is 9.42. The van der Waals surface area contributed by atoms with E-state index >= 15 is 0 Å². The SMILES string of the molecule is CCCNCCc1coc2c(I)cccc12. The number of rotatable bonds is 5. The summed E-state index contributed by atoms with van der Waals surface area (Å²) in [4.78, 5) is 0. The Morgan fingerprint density at radius 1 is 1.31 bits per heavy atom. The Kier molecular flexibility index (Phi) is 4.23. The van der Waals surface area contributed by atoms with Crippen LogP contribution in [0.15, 0.2) is 28.9 Å². The smallest absolute Gasteiger partial charge is 0.147 e. The van der Waals surface area contributed by atoms with E-state index in [1.807, 2.05) is 6.26 Å². The number of nitrogens with one attached hydrogen (secondary N) is 1. The van der Waals surface area contributed by atoms with Crippen molar-refractivity contribution in [1.29, 1.82) is 0 Å². The highest BCUT2D eigenvalue weighted by atomic mass is 127. The minimum absolute atomic E-state index is 1.02. The molecule has 0 saturated carbocycles. The van der Waals surface area contributed by atoms with E-state index in [1.165, 1.54) is 20.9 Å². The lowest BCUT2D eigenvalue weighted by Crippen LogP contribution is -2.17. The van der Waals surface area contributed by atoms with Gasteiger partial charge in [0.1, 0.15) is 5.58 Å². The Morgan fingerprint density at radius 2 is 2.19 bits per heavy atom. The van der Waals surface area contributed by atoms with Gasteiger partial charge in [0.15, 0.2) is 0 Å². The number of halogens is 1. The second kappa shape index (κ2) is 5.68. The zero-order chi connectivity index (χ0) is 11.4. The first kappa shape index (κ1) is 11.9. The summed E-state index contributed by atoms with van der Waals surface area (Å²) in [6.45, 7) is 4.30. The molecule has 0 aliphatic carbocycles. The summed E-state index contributed by atoms with van der Waals surface area (Å²) >= 11 is 2.31. The maximum Gasteiger partial charge on any atom is 0.147 e. The van der Waals surface area contributed by atoms with Crippen molar-refractivity contribution in [2.75, 3.05) is 13.1 Å². The van der Waals surface area contributed by atoms with Gasteiger partial charge in [-0.25, -0.2) is 0 Å². The van der Waals surface area contributed by atoms with Gasteiger partial charge in [-0.3, -0.25) is 0 Å². The lowest BCUT2D eigenvalue weighted by molar-refractivity contribution is 0.603. The van der Waals surface area contributed by atoms with E-state index in [9.17, 15) is 0 Å². The van der Waals surface area contributed by atoms with Crippen LogP contribution >= 0.6 is 22.6 Å². The molecule has 1 heterocycles. The Labute approximate surface area is 110 Å². The maximum absolute atomic E-state index is 5.60. The molecule has 3 heteroatoms. The highest BCUT2D eigenvalue weighted by molar-refractivity contribution is 14.1. The number of hydrogen-bond donors (Lipinski definition) is 1. The van der Waals surface area contributed by atoms with Crippen LogP contribution in [0, 0.1) is 3.57 Å². The predicted molar refractivity (Wildman–Crippen MR) is 75.8 cm³/mol. The normalized spacial score (nSPS) is 11.1. The van der Waals surface area contributed by atoms with Crippen LogP contribution in [0.5, 0.6) is 0 Å². The highest BCUT2D eigenvalue weighted by Gasteiger charge is 2.07. The molecule has 1 N–H and O–H groups in total. The fraction of sp³-hybridized carbons (Fsp3) is 0.385. The zero-order valence-corrected chi connectivity index (χ0v) is 11.6. The Balaban J connectivity index is 2.10. The number of fused-ring (bicyclic) bond motifs is 1.